The topological polar surface area (TPSA) is 56.7 Å². The monoisotopic (exact) mass is 208 g/mol. The average molecular weight is 208 g/mol. The predicted octanol–water partition coefficient (Wildman–Crippen LogP) is 1.38. The maximum Gasteiger partial charge on any atom is 0.0930 e. The van der Waals surface area contributed by atoms with Crippen LogP contribution in [0.15, 0.2) is 0 Å². The molecular formula is C11H20N4. The van der Waals surface area contributed by atoms with Gasteiger partial charge < -0.3 is 5.73 Å². The molecule has 1 aliphatic carbocycles. The number of nitrogens with two attached hydrogens (primary N) is 1. The molecule has 15 heavy (non-hydrogen) atoms. The van der Waals surface area contributed by atoms with E-state index in [4.69, 9.17) is 5.73 Å². The van der Waals surface area contributed by atoms with Gasteiger partial charge in [-0.15, -0.1) is 5.10 Å². The fraction of sp³-hybridized carbons (Fsp3) is 0.818. The minimum Gasteiger partial charge on any atom is -0.330 e. The van der Waals surface area contributed by atoms with Crippen LogP contribution in [0.5, 0.6) is 0 Å². The molecule has 2 rings (SSSR count). The molecule has 0 aromatic carbocycles. The van der Waals surface area contributed by atoms with Crippen molar-refractivity contribution in [3.05, 3.63) is 11.4 Å². The Morgan fingerprint density at radius 3 is 2.53 bits per heavy atom. The number of aromatic nitrogens is 3. The third kappa shape index (κ3) is 1.57. The van der Waals surface area contributed by atoms with Gasteiger partial charge in [0.05, 0.1) is 11.4 Å². The highest BCUT2D eigenvalue weighted by Crippen LogP contribution is 2.40. The van der Waals surface area contributed by atoms with Gasteiger partial charge in [0.1, 0.15) is 0 Å². The predicted molar refractivity (Wildman–Crippen MR) is 59.6 cm³/mol. The summed E-state index contributed by atoms with van der Waals surface area (Å²) in [5.41, 5.74) is 8.41. The van der Waals surface area contributed by atoms with E-state index in [1.54, 1.807) is 0 Å². The Balaban J connectivity index is 2.38. The molecule has 0 amide bonds. The molecule has 0 bridgehead atoms. The molecule has 0 saturated heterocycles. The summed E-state index contributed by atoms with van der Waals surface area (Å²) in [6, 6.07) is 0. The zero-order chi connectivity index (χ0) is 10.9. The molecule has 1 aromatic heterocycles. The van der Waals surface area contributed by atoms with Crippen molar-refractivity contribution in [3.8, 4) is 0 Å². The van der Waals surface area contributed by atoms with Gasteiger partial charge >= 0.3 is 0 Å². The Bertz CT molecular complexity index is 336. The van der Waals surface area contributed by atoms with Crippen LogP contribution in [0, 0.1) is 6.92 Å². The molecule has 0 radical (unpaired) electrons. The van der Waals surface area contributed by atoms with E-state index < -0.39 is 0 Å². The van der Waals surface area contributed by atoms with Crippen LogP contribution in [-0.2, 0) is 12.0 Å². The summed E-state index contributed by atoms with van der Waals surface area (Å²) in [5, 5.41) is 8.53. The highest BCUT2D eigenvalue weighted by molar-refractivity contribution is 5.23. The van der Waals surface area contributed by atoms with Gasteiger partial charge in [0.25, 0.3) is 0 Å². The van der Waals surface area contributed by atoms with Crippen LogP contribution >= 0.6 is 0 Å². The van der Waals surface area contributed by atoms with E-state index >= 15 is 0 Å². The van der Waals surface area contributed by atoms with E-state index in [1.165, 1.54) is 31.4 Å². The Morgan fingerprint density at radius 1 is 1.40 bits per heavy atom. The van der Waals surface area contributed by atoms with Gasteiger partial charge in [-0.3, -0.25) is 0 Å². The van der Waals surface area contributed by atoms with Gasteiger partial charge in [-0.25, -0.2) is 4.68 Å². The van der Waals surface area contributed by atoms with E-state index in [9.17, 15) is 0 Å². The number of nitrogens with zero attached hydrogens (tertiary/aromatic N) is 3. The number of aryl methyl sites for hydroxylation is 1. The summed E-state index contributed by atoms with van der Waals surface area (Å²) < 4.78 is 1.96. The molecule has 0 spiro atoms. The molecule has 2 N–H and O–H groups in total. The van der Waals surface area contributed by atoms with E-state index in [1.807, 2.05) is 4.68 Å². The number of hydrogen-bond donors (Lipinski definition) is 1. The van der Waals surface area contributed by atoms with Crippen molar-refractivity contribution in [2.75, 3.05) is 6.54 Å². The first kappa shape index (κ1) is 10.6. The van der Waals surface area contributed by atoms with Gasteiger partial charge in [-0.1, -0.05) is 18.1 Å². The summed E-state index contributed by atoms with van der Waals surface area (Å²) in [6.45, 7) is 5.79. The molecule has 0 unspecified atom stereocenters. The lowest BCUT2D eigenvalue weighted by molar-refractivity contribution is 0.436. The Hall–Kier alpha value is -0.900. The van der Waals surface area contributed by atoms with E-state index in [2.05, 4.69) is 24.2 Å². The third-order valence-corrected chi connectivity index (χ3v) is 3.74. The molecule has 4 heteroatoms. The highest BCUT2D eigenvalue weighted by atomic mass is 15.4. The van der Waals surface area contributed by atoms with E-state index in [0.29, 0.717) is 6.54 Å². The van der Waals surface area contributed by atoms with Gasteiger partial charge in [-0.05, 0) is 26.7 Å². The molecule has 1 fully saturated rings. The molecule has 1 saturated carbocycles. The van der Waals surface area contributed by atoms with Crippen LogP contribution < -0.4 is 5.73 Å². The molecular weight excluding hydrogens is 188 g/mol. The molecule has 1 aliphatic rings. The van der Waals surface area contributed by atoms with Gasteiger partial charge in [0.15, 0.2) is 0 Å². The SMILES string of the molecule is CCn1nnc(C2(CN)CCCC2)c1C. The lowest BCUT2D eigenvalue weighted by Gasteiger charge is -2.25. The van der Waals surface area contributed by atoms with Crippen LogP contribution in [0.2, 0.25) is 0 Å². The zero-order valence-electron chi connectivity index (χ0n) is 9.66. The molecule has 0 atom stereocenters. The maximum atomic E-state index is 5.94. The highest BCUT2D eigenvalue weighted by Gasteiger charge is 2.38. The lowest BCUT2D eigenvalue weighted by atomic mass is 9.82. The summed E-state index contributed by atoms with van der Waals surface area (Å²) in [4.78, 5) is 0. The van der Waals surface area contributed by atoms with Gasteiger partial charge in [0.2, 0.25) is 0 Å². The summed E-state index contributed by atoms with van der Waals surface area (Å²) >= 11 is 0. The van der Waals surface area contributed by atoms with Gasteiger partial charge in [-0.2, -0.15) is 0 Å². The zero-order valence-corrected chi connectivity index (χ0v) is 9.66. The first-order valence-electron chi connectivity index (χ1n) is 5.84. The molecule has 1 aromatic rings. The molecule has 84 valence electrons. The van der Waals surface area contributed by atoms with Crippen molar-refractivity contribution in [1.82, 2.24) is 15.0 Å². The second-order valence-electron chi connectivity index (χ2n) is 4.53. The van der Waals surface area contributed by atoms with Crippen molar-refractivity contribution in [3.63, 3.8) is 0 Å². The molecule has 0 aliphatic heterocycles. The van der Waals surface area contributed by atoms with Crippen LogP contribution in [0.3, 0.4) is 0 Å². The molecule has 4 nitrogen and oxygen atoms in total. The summed E-state index contributed by atoms with van der Waals surface area (Å²) in [6.07, 6.45) is 4.89. The Morgan fingerprint density at radius 2 is 2.07 bits per heavy atom. The minimum atomic E-state index is 0.123. The summed E-state index contributed by atoms with van der Waals surface area (Å²) in [7, 11) is 0. The maximum absolute atomic E-state index is 5.94. The van der Waals surface area contributed by atoms with E-state index in [0.717, 1.165) is 12.2 Å². The Kier molecular flexibility index (Phi) is 2.78. The second-order valence-corrected chi connectivity index (χ2v) is 4.53. The minimum absolute atomic E-state index is 0.123. The molecule has 1 heterocycles. The van der Waals surface area contributed by atoms with Crippen LogP contribution in [0.4, 0.5) is 0 Å². The summed E-state index contributed by atoms with van der Waals surface area (Å²) in [5.74, 6) is 0. The smallest absolute Gasteiger partial charge is 0.0930 e. The fourth-order valence-electron chi connectivity index (χ4n) is 2.74. The number of hydrogen-bond acceptors (Lipinski definition) is 3. The largest absolute Gasteiger partial charge is 0.330 e. The van der Waals surface area contributed by atoms with Crippen LogP contribution in [0.25, 0.3) is 0 Å². The van der Waals surface area contributed by atoms with E-state index in [-0.39, 0.29) is 5.41 Å². The third-order valence-electron chi connectivity index (χ3n) is 3.74. The van der Waals surface area contributed by atoms with Crippen LogP contribution in [-0.4, -0.2) is 21.5 Å². The van der Waals surface area contributed by atoms with Crippen molar-refractivity contribution in [1.29, 1.82) is 0 Å². The van der Waals surface area contributed by atoms with Crippen LogP contribution in [0.1, 0.15) is 44.0 Å². The van der Waals surface area contributed by atoms with Crippen molar-refractivity contribution in [2.24, 2.45) is 5.73 Å². The van der Waals surface area contributed by atoms with Crippen molar-refractivity contribution >= 4 is 0 Å². The quantitative estimate of drug-likeness (QED) is 0.816. The Labute approximate surface area is 90.8 Å². The normalized spacial score (nSPS) is 19.7. The first-order valence-corrected chi connectivity index (χ1v) is 5.84. The second kappa shape index (κ2) is 3.93. The first-order chi connectivity index (χ1) is 7.23. The standard InChI is InChI=1S/C11H20N4/c1-3-15-9(2)10(13-14-15)11(8-12)6-4-5-7-11/h3-8,12H2,1-2H3. The average Bonchev–Trinajstić information content (AvgIpc) is 2.85. The number of rotatable bonds is 3. The lowest BCUT2D eigenvalue weighted by Crippen LogP contribution is -2.33. The fourth-order valence-corrected chi connectivity index (χ4v) is 2.74. The van der Waals surface area contributed by atoms with Gasteiger partial charge in [0, 0.05) is 18.5 Å². The van der Waals surface area contributed by atoms with Crippen molar-refractivity contribution in [2.45, 2.75) is 51.5 Å². The van der Waals surface area contributed by atoms with Crippen molar-refractivity contribution < 1.29 is 0 Å².